The first-order chi connectivity index (χ1) is 13.7. The van der Waals surface area contributed by atoms with E-state index in [1.165, 1.54) is 10.9 Å². The van der Waals surface area contributed by atoms with Crippen LogP contribution in [0.15, 0.2) is 11.1 Å². The molecule has 0 bridgehead atoms. The van der Waals surface area contributed by atoms with E-state index in [4.69, 9.17) is 15.0 Å². The Bertz CT molecular complexity index is 1160. The number of hydrogen-bond donors (Lipinski definition) is 2. The minimum Gasteiger partial charge on any atom is -0.790 e. The van der Waals surface area contributed by atoms with Crippen molar-refractivity contribution in [3.63, 3.8) is 0 Å². The number of rotatable bonds is 8. The molecule has 1 aliphatic heterocycles. The van der Waals surface area contributed by atoms with Crippen LogP contribution in [0.5, 0.6) is 0 Å². The fourth-order valence-corrected chi connectivity index (χ4v) is 6.43. The maximum Gasteiger partial charge on any atom is 1.00 e. The van der Waals surface area contributed by atoms with Crippen LogP contribution >= 0.6 is 22.4 Å². The summed E-state index contributed by atoms with van der Waals surface area (Å²) in [6.07, 6.45) is 0.651. The number of hydrogen-bond acceptors (Lipinski definition) is 15. The van der Waals surface area contributed by atoms with Crippen LogP contribution in [0, 0.1) is 0 Å². The van der Waals surface area contributed by atoms with Crippen LogP contribution in [0.4, 0.5) is 5.95 Å². The van der Waals surface area contributed by atoms with Crippen LogP contribution < -0.4 is 149 Å². The average Bonchev–Trinajstić information content (AvgIpc) is 3.15. The predicted molar refractivity (Wildman–Crippen MR) is 93.3 cm³/mol. The van der Waals surface area contributed by atoms with E-state index >= 15 is 0 Å². The molecule has 0 saturated carbocycles. The molecule has 168 valence electrons. The molecule has 3 heterocycles. The second-order valence-corrected chi connectivity index (χ2v) is 11.5. The van der Waals surface area contributed by atoms with Crippen molar-refractivity contribution in [3.8, 4) is 0 Å². The number of nitrogen functional groups attached to an aromatic ring is 1. The summed E-state index contributed by atoms with van der Waals surface area (Å²) in [4.78, 5) is 65.9. The van der Waals surface area contributed by atoms with E-state index in [1.54, 1.807) is 0 Å². The minimum atomic E-state index is -5.97. The van der Waals surface area contributed by atoms with Gasteiger partial charge in [0.2, 0.25) is 5.95 Å². The van der Waals surface area contributed by atoms with Crippen molar-refractivity contribution in [2.24, 2.45) is 0 Å². The van der Waals surface area contributed by atoms with Gasteiger partial charge in [0.1, 0.15) is 12.9 Å². The van der Waals surface area contributed by atoms with Crippen molar-refractivity contribution in [1.82, 2.24) is 19.5 Å². The molecule has 0 spiro atoms. The van der Waals surface area contributed by atoms with Crippen LogP contribution in [-0.4, -0.2) is 32.2 Å². The molecule has 2 unspecified atom stereocenters. The van der Waals surface area contributed by atoms with Crippen molar-refractivity contribution in [3.05, 3.63) is 16.7 Å². The van der Waals surface area contributed by atoms with Crippen molar-refractivity contribution < 1.29 is 165 Å². The number of nitrogens with zero attached hydrogens (tertiary/aromatic N) is 3. The van der Waals surface area contributed by atoms with Gasteiger partial charge in [-0.1, -0.05) is 11.8 Å². The number of nitrogens with one attached hydrogen (secondary N) is 1. The second kappa shape index (κ2) is 15.7. The number of aromatic nitrogens is 4. The maximum absolute atomic E-state index is 11.9. The number of nitrogens with two attached hydrogens (primary N) is 1. The summed E-state index contributed by atoms with van der Waals surface area (Å²) >= 11 is 4.35. The van der Waals surface area contributed by atoms with Crippen molar-refractivity contribution in [2.45, 2.75) is 25.2 Å². The van der Waals surface area contributed by atoms with Crippen molar-refractivity contribution in [2.75, 3.05) is 12.3 Å². The standard InChI is InChI=1S/C10H16N5O11P3S.4Na/c11-10-13-8-7(9(16)14-10)12-4-15(8)6-2-1-5(24-6)3-23-29(22,30)26-28(20,21)25-27(17,18)19;;;;/h4-6H,1-3H2,(H,20,21)(H,22,30)(H2,17,18,19)(H3,11,13,14,16);;;;/q;4*+1/p-4/t5-,6+,29?;;;;/m1..../s1. The Balaban J connectivity index is 0. The zero-order valence-corrected chi connectivity index (χ0v) is 30.0. The third kappa shape index (κ3) is 11.6. The van der Waals surface area contributed by atoms with Crippen molar-refractivity contribution >= 4 is 51.3 Å². The molecule has 0 aliphatic carbocycles. The molecule has 0 radical (unpaired) electrons. The quantitative estimate of drug-likeness (QED) is 0.212. The van der Waals surface area contributed by atoms with Crippen LogP contribution in [0.2, 0.25) is 0 Å². The molecule has 34 heavy (non-hydrogen) atoms. The van der Waals surface area contributed by atoms with Gasteiger partial charge in [-0.2, -0.15) is 4.98 Å². The third-order valence-electron chi connectivity index (χ3n) is 3.66. The van der Waals surface area contributed by atoms with E-state index in [1.807, 2.05) is 0 Å². The number of fused-ring (bicyclic) bond motifs is 1. The molecule has 1 fully saturated rings. The molecule has 24 heteroatoms. The molecule has 2 aromatic heterocycles. The number of phosphoric acid groups is 2. The number of imidazole rings is 1. The maximum atomic E-state index is 11.9. The van der Waals surface area contributed by atoms with Crippen molar-refractivity contribution in [1.29, 1.82) is 0 Å². The van der Waals surface area contributed by atoms with E-state index < -0.39 is 46.9 Å². The number of anilines is 1. The first-order valence-corrected chi connectivity index (χ1v) is 13.3. The number of aromatic amines is 1. The monoisotopic (exact) mass is 595 g/mol. The minimum absolute atomic E-state index is 0. The molecule has 1 saturated heterocycles. The van der Waals surface area contributed by atoms with Gasteiger partial charge < -0.3 is 39.1 Å². The zero-order valence-electron chi connectivity index (χ0n) is 18.5. The average molecular weight is 595 g/mol. The fourth-order valence-electron chi connectivity index (χ4n) is 2.63. The zero-order chi connectivity index (χ0) is 22.3. The Kier molecular flexibility index (Phi) is 18.0. The van der Waals surface area contributed by atoms with Crippen LogP contribution in [0.3, 0.4) is 0 Å². The first kappa shape index (κ1) is 39.1. The van der Waals surface area contributed by atoms with Gasteiger partial charge in [-0.15, -0.1) is 0 Å². The summed E-state index contributed by atoms with van der Waals surface area (Å²) in [6, 6.07) is 0. The smallest absolute Gasteiger partial charge is 0.790 e. The van der Waals surface area contributed by atoms with E-state index in [9.17, 15) is 33.5 Å². The molecule has 2 aromatic rings. The Morgan fingerprint density at radius 2 is 1.79 bits per heavy atom. The molecule has 0 aromatic carbocycles. The largest absolute Gasteiger partial charge is 1.00 e. The van der Waals surface area contributed by atoms with Gasteiger partial charge in [0.15, 0.2) is 11.2 Å². The molecular weight excluding hydrogens is 583 g/mol. The molecular formula is C10H12N5Na4O11P3S. The van der Waals surface area contributed by atoms with E-state index in [0.717, 1.165) is 0 Å². The Morgan fingerprint density at radius 1 is 1.18 bits per heavy atom. The summed E-state index contributed by atoms with van der Waals surface area (Å²) in [6.45, 7) is -5.27. The normalized spacial score (nSPS) is 21.2. The van der Waals surface area contributed by atoms with Gasteiger partial charge in [0.05, 0.1) is 26.9 Å². The predicted octanol–water partition coefficient (Wildman–Crippen LogP) is -14.7. The van der Waals surface area contributed by atoms with Gasteiger partial charge in [-0.05, 0) is 12.8 Å². The summed E-state index contributed by atoms with van der Waals surface area (Å²) in [7, 11) is -11.8. The topological polar surface area (TPSA) is 253 Å². The SMILES string of the molecule is Nc1nc2c(ncn2[C@@H]2CC[C@H](COP([O-])(=S)OP(=O)([O-])OP(=O)([O-])[O-])O2)c(=O)[nH]1.[Na+].[Na+].[Na+].[Na+]. The Labute approximate surface area is 285 Å². The van der Waals surface area contributed by atoms with Gasteiger partial charge in [0.25, 0.3) is 13.4 Å². The Morgan fingerprint density at radius 3 is 2.38 bits per heavy atom. The molecule has 3 N–H and O–H groups in total. The summed E-state index contributed by atoms with van der Waals surface area (Å²) in [5.41, 5.74) is 5.19. The van der Waals surface area contributed by atoms with Crippen LogP contribution in [0.1, 0.15) is 19.1 Å². The fraction of sp³-hybridized carbons (Fsp3) is 0.500. The summed E-state index contributed by atoms with van der Waals surface area (Å²) in [5, 5.41) is 0. The summed E-state index contributed by atoms with van der Waals surface area (Å²) < 4.78 is 40.5. The second-order valence-electron chi connectivity index (χ2n) is 5.87. The molecule has 16 nitrogen and oxygen atoms in total. The number of H-pyrrole nitrogens is 1. The van der Waals surface area contributed by atoms with Gasteiger partial charge >= 0.3 is 118 Å². The van der Waals surface area contributed by atoms with E-state index in [-0.39, 0.29) is 135 Å². The van der Waals surface area contributed by atoms with E-state index in [2.05, 4.69) is 35.4 Å². The van der Waals surface area contributed by atoms with Gasteiger partial charge in [-0.3, -0.25) is 27.5 Å². The van der Waals surface area contributed by atoms with Crippen LogP contribution in [0.25, 0.3) is 11.2 Å². The Hall–Kier alpha value is 2.94. The molecule has 1 aliphatic rings. The van der Waals surface area contributed by atoms with E-state index in [0.29, 0.717) is 12.8 Å². The van der Waals surface area contributed by atoms with Crippen LogP contribution in [-0.2, 0) is 38.8 Å². The molecule has 4 atom stereocenters. The summed E-state index contributed by atoms with van der Waals surface area (Å²) in [5.74, 6) is -0.124. The molecule has 3 rings (SSSR count). The molecule has 0 amide bonds. The van der Waals surface area contributed by atoms with Gasteiger partial charge in [-0.25, -0.2) is 4.98 Å². The van der Waals surface area contributed by atoms with Gasteiger partial charge in [0, 0.05) is 0 Å². The first-order valence-electron chi connectivity index (χ1n) is 7.84. The third-order valence-corrected chi connectivity index (χ3v) is 8.25. The number of ether oxygens (including phenoxy) is 1.